The van der Waals surface area contributed by atoms with E-state index in [1.807, 2.05) is 0 Å². The van der Waals surface area contributed by atoms with Crippen molar-refractivity contribution in [2.45, 2.75) is 18.9 Å². The van der Waals surface area contributed by atoms with Crippen LogP contribution in [0, 0.1) is 10.1 Å². The normalized spacial score (nSPS) is 13.6. The van der Waals surface area contributed by atoms with Gasteiger partial charge in [0.2, 0.25) is 5.91 Å². The Kier molecular flexibility index (Phi) is 4.64. The van der Waals surface area contributed by atoms with Crippen molar-refractivity contribution in [1.29, 1.82) is 0 Å². The molecule has 1 aliphatic rings. The van der Waals surface area contributed by atoms with Gasteiger partial charge in [-0.2, -0.15) is 0 Å². The van der Waals surface area contributed by atoms with Gasteiger partial charge in [-0.05, 0) is 12.8 Å². The first-order chi connectivity index (χ1) is 9.88. The van der Waals surface area contributed by atoms with Gasteiger partial charge in [0, 0.05) is 18.2 Å². The lowest BCUT2D eigenvalue weighted by molar-refractivity contribution is -0.384. The molecule has 2 rings (SSSR count). The molecule has 0 aliphatic heterocycles. The number of nitrogens with one attached hydrogen (secondary N) is 2. The molecule has 112 valence electrons. The van der Waals surface area contributed by atoms with E-state index in [-0.39, 0.29) is 39.8 Å². The summed E-state index contributed by atoms with van der Waals surface area (Å²) in [5, 5.41) is 15.6. The highest BCUT2D eigenvalue weighted by Gasteiger charge is 2.24. The van der Waals surface area contributed by atoms with Crippen molar-refractivity contribution in [3.8, 4) is 0 Å². The second kappa shape index (κ2) is 6.28. The van der Waals surface area contributed by atoms with E-state index in [2.05, 4.69) is 10.6 Å². The van der Waals surface area contributed by atoms with E-state index in [9.17, 15) is 19.7 Å². The average Bonchev–Trinajstić information content (AvgIpc) is 3.22. The molecule has 1 fully saturated rings. The maximum atomic E-state index is 11.9. The average molecular weight is 332 g/mol. The Hall–Kier alpha value is -1.86. The number of benzene rings is 1. The third kappa shape index (κ3) is 4.05. The molecule has 0 spiro atoms. The van der Waals surface area contributed by atoms with E-state index < -0.39 is 10.8 Å². The van der Waals surface area contributed by atoms with Crippen LogP contribution in [0.2, 0.25) is 10.0 Å². The van der Waals surface area contributed by atoms with Gasteiger partial charge in [-0.1, -0.05) is 23.2 Å². The molecule has 0 aromatic heterocycles. The molecule has 0 heterocycles. The quantitative estimate of drug-likeness (QED) is 0.635. The van der Waals surface area contributed by atoms with Crippen molar-refractivity contribution in [3.05, 3.63) is 37.9 Å². The van der Waals surface area contributed by atoms with Gasteiger partial charge < -0.3 is 10.6 Å². The number of non-ortho nitro benzene ring substituents is 1. The van der Waals surface area contributed by atoms with Crippen molar-refractivity contribution in [2.75, 3.05) is 6.54 Å². The first-order valence-corrected chi connectivity index (χ1v) is 6.85. The Labute approximate surface area is 129 Å². The molecule has 0 atom stereocenters. The molecule has 1 aromatic rings. The van der Waals surface area contributed by atoms with Crippen LogP contribution in [-0.4, -0.2) is 29.3 Å². The molecule has 1 saturated carbocycles. The lowest BCUT2D eigenvalue weighted by atomic mass is 10.2. The maximum absolute atomic E-state index is 11.9. The van der Waals surface area contributed by atoms with Crippen LogP contribution < -0.4 is 10.6 Å². The molecule has 1 aliphatic carbocycles. The van der Waals surface area contributed by atoms with Crippen molar-refractivity contribution >= 4 is 40.7 Å². The number of amides is 2. The van der Waals surface area contributed by atoms with Crippen LogP contribution in [0.3, 0.4) is 0 Å². The molecule has 21 heavy (non-hydrogen) atoms. The number of hydrogen-bond acceptors (Lipinski definition) is 4. The summed E-state index contributed by atoms with van der Waals surface area (Å²) in [6, 6.07) is 2.26. The highest BCUT2D eigenvalue weighted by molar-refractivity contribution is 6.44. The molecule has 0 bridgehead atoms. The lowest BCUT2D eigenvalue weighted by Crippen LogP contribution is -2.37. The second-order valence-corrected chi connectivity index (χ2v) is 5.36. The summed E-state index contributed by atoms with van der Waals surface area (Å²) >= 11 is 11.6. The Morgan fingerprint density at radius 3 is 2.57 bits per heavy atom. The zero-order valence-corrected chi connectivity index (χ0v) is 12.2. The maximum Gasteiger partial charge on any atom is 0.271 e. The summed E-state index contributed by atoms with van der Waals surface area (Å²) in [5.74, 6) is -1.02. The predicted octanol–water partition coefficient (Wildman–Crippen LogP) is 1.91. The molecule has 9 heteroatoms. The van der Waals surface area contributed by atoms with Gasteiger partial charge in [0.05, 0.1) is 27.1 Å². The van der Waals surface area contributed by atoms with Gasteiger partial charge in [0.1, 0.15) is 0 Å². The highest BCUT2D eigenvalue weighted by atomic mass is 35.5. The summed E-state index contributed by atoms with van der Waals surface area (Å²) in [4.78, 5) is 33.5. The van der Waals surface area contributed by atoms with Crippen molar-refractivity contribution in [3.63, 3.8) is 0 Å². The molecule has 0 radical (unpaired) electrons. The van der Waals surface area contributed by atoms with Crippen LogP contribution >= 0.6 is 23.2 Å². The summed E-state index contributed by atoms with van der Waals surface area (Å²) < 4.78 is 0. The molecule has 0 saturated heterocycles. The standard InChI is InChI=1S/C12H11Cl2N3O4/c13-9-4-7(17(20)21)3-8(11(9)14)12(19)15-5-10(18)16-6-1-2-6/h3-4,6H,1-2,5H2,(H,15,19)(H,16,18). The van der Waals surface area contributed by atoms with Gasteiger partial charge in [0.25, 0.3) is 11.6 Å². The number of nitro benzene ring substituents is 1. The van der Waals surface area contributed by atoms with E-state index in [0.717, 1.165) is 25.0 Å². The Morgan fingerprint density at radius 1 is 1.33 bits per heavy atom. The number of carbonyl (C=O) groups is 2. The second-order valence-electron chi connectivity index (χ2n) is 4.57. The number of rotatable bonds is 5. The molecule has 2 amide bonds. The number of nitrogens with zero attached hydrogens (tertiary/aromatic N) is 1. The topological polar surface area (TPSA) is 101 Å². The molecule has 0 unspecified atom stereocenters. The largest absolute Gasteiger partial charge is 0.352 e. The number of hydrogen-bond donors (Lipinski definition) is 2. The van der Waals surface area contributed by atoms with Gasteiger partial charge in [0.15, 0.2) is 0 Å². The number of nitro groups is 1. The summed E-state index contributed by atoms with van der Waals surface area (Å²) in [6.45, 7) is -0.230. The summed E-state index contributed by atoms with van der Waals surface area (Å²) in [5.41, 5.74) is -0.493. The van der Waals surface area contributed by atoms with E-state index in [0.29, 0.717) is 0 Å². The minimum atomic E-state index is -0.698. The molecule has 2 N–H and O–H groups in total. The fraction of sp³-hybridized carbons (Fsp3) is 0.333. The van der Waals surface area contributed by atoms with Crippen molar-refractivity contribution in [2.24, 2.45) is 0 Å². The van der Waals surface area contributed by atoms with E-state index >= 15 is 0 Å². The first kappa shape index (κ1) is 15.5. The predicted molar refractivity (Wildman–Crippen MR) is 76.6 cm³/mol. The first-order valence-electron chi connectivity index (χ1n) is 6.09. The van der Waals surface area contributed by atoms with Crippen LogP contribution in [-0.2, 0) is 4.79 Å². The van der Waals surface area contributed by atoms with Crippen LogP contribution in [0.4, 0.5) is 5.69 Å². The Balaban J connectivity index is 2.06. The number of carbonyl (C=O) groups excluding carboxylic acids is 2. The van der Waals surface area contributed by atoms with Crippen LogP contribution in [0.1, 0.15) is 23.2 Å². The highest BCUT2D eigenvalue weighted by Crippen LogP contribution is 2.30. The number of halogens is 2. The van der Waals surface area contributed by atoms with Crippen LogP contribution in [0.25, 0.3) is 0 Å². The SMILES string of the molecule is O=C(CNC(=O)c1cc([N+](=O)[O-])cc(Cl)c1Cl)NC1CC1. The zero-order chi connectivity index (χ0) is 15.6. The van der Waals surface area contributed by atoms with E-state index in [4.69, 9.17) is 23.2 Å². The Bertz CT molecular complexity index is 617. The molecule has 1 aromatic carbocycles. The fourth-order valence-corrected chi connectivity index (χ4v) is 2.02. The molecular formula is C12H11Cl2N3O4. The van der Waals surface area contributed by atoms with Gasteiger partial charge in [-0.25, -0.2) is 0 Å². The third-order valence-electron chi connectivity index (χ3n) is 2.82. The third-order valence-corrected chi connectivity index (χ3v) is 3.62. The summed E-state index contributed by atoms with van der Waals surface area (Å²) in [6.07, 6.45) is 1.87. The molecule has 7 nitrogen and oxygen atoms in total. The smallest absolute Gasteiger partial charge is 0.271 e. The summed E-state index contributed by atoms with van der Waals surface area (Å²) in [7, 11) is 0. The van der Waals surface area contributed by atoms with Crippen molar-refractivity contribution in [1.82, 2.24) is 10.6 Å². The zero-order valence-electron chi connectivity index (χ0n) is 10.7. The van der Waals surface area contributed by atoms with Gasteiger partial charge >= 0.3 is 0 Å². The van der Waals surface area contributed by atoms with Crippen LogP contribution in [0.15, 0.2) is 12.1 Å². The monoisotopic (exact) mass is 331 g/mol. The van der Waals surface area contributed by atoms with Gasteiger partial charge in [-0.3, -0.25) is 19.7 Å². The van der Waals surface area contributed by atoms with Crippen LogP contribution in [0.5, 0.6) is 0 Å². The minimum absolute atomic E-state index is 0.0950. The minimum Gasteiger partial charge on any atom is -0.352 e. The fourth-order valence-electron chi connectivity index (χ4n) is 1.61. The Morgan fingerprint density at radius 2 is 2.00 bits per heavy atom. The van der Waals surface area contributed by atoms with E-state index in [1.54, 1.807) is 0 Å². The van der Waals surface area contributed by atoms with Gasteiger partial charge in [-0.15, -0.1) is 0 Å². The molecular weight excluding hydrogens is 321 g/mol. The van der Waals surface area contributed by atoms with Crippen molar-refractivity contribution < 1.29 is 14.5 Å². The lowest BCUT2D eigenvalue weighted by Gasteiger charge is -2.08. The van der Waals surface area contributed by atoms with E-state index in [1.165, 1.54) is 0 Å².